The number of benzene rings is 1. The van der Waals surface area contributed by atoms with Crippen LogP contribution in [0, 0.1) is 0 Å². The first-order chi connectivity index (χ1) is 6.93. The number of hydrogen-bond donors (Lipinski definition) is 2. The summed E-state index contributed by atoms with van der Waals surface area (Å²) in [6.07, 6.45) is 0. The summed E-state index contributed by atoms with van der Waals surface area (Å²) in [4.78, 5) is 10.5. The maximum Gasteiger partial charge on any atom is 0.321 e. The lowest BCUT2D eigenvalue weighted by Gasteiger charge is -2.07. The van der Waals surface area contributed by atoms with Crippen molar-refractivity contribution in [2.45, 2.75) is 10.9 Å². The fourth-order valence-electron chi connectivity index (χ4n) is 1.03. The first-order valence-corrected chi connectivity index (χ1v) is 5.85. The molecule has 7 heteroatoms. The van der Waals surface area contributed by atoms with Crippen LogP contribution in [-0.4, -0.2) is 31.3 Å². The standard InChI is InChI=1S/C9H11NO4S.ClH/c10-8(9(11)12)6-15(13,14)7-4-2-1-3-5-7;/h1-5,8H,6,10H2,(H,11,12);1H. The summed E-state index contributed by atoms with van der Waals surface area (Å²) in [6, 6.07) is 6.23. The molecule has 0 heterocycles. The topological polar surface area (TPSA) is 97.5 Å². The van der Waals surface area contributed by atoms with Crippen LogP contribution in [-0.2, 0) is 14.6 Å². The van der Waals surface area contributed by atoms with Gasteiger partial charge in [-0.1, -0.05) is 18.2 Å². The highest BCUT2D eigenvalue weighted by molar-refractivity contribution is 7.91. The molecule has 0 amide bonds. The molecule has 1 aromatic rings. The third-order valence-electron chi connectivity index (χ3n) is 1.82. The highest BCUT2D eigenvalue weighted by atomic mass is 35.5. The Morgan fingerprint density at radius 3 is 2.25 bits per heavy atom. The van der Waals surface area contributed by atoms with Crippen LogP contribution in [0.15, 0.2) is 35.2 Å². The SMILES string of the molecule is Cl.NC(CS(=O)(=O)c1ccccc1)C(=O)O. The highest BCUT2D eigenvalue weighted by Gasteiger charge is 2.22. The maximum atomic E-state index is 11.6. The second-order valence-corrected chi connectivity index (χ2v) is 5.07. The summed E-state index contributed by atoms with van der Waals surface area (Å²) >= 11 is 0. The normalized spacial score (nSPS) is 12.6. The van der Waals surface area contributed by atoms with Crippen molar-refractivity contribution in [3.05, 3.63) is 30.3 Å². The van der Waals surface area contributed by atoms with Gasteiger partial charge < -0.3 is 10.8 Å². The highest BCUT2D eigenvalue weighted by Crippen LogP contribution is 2.10. The quantitative estimate of drug-likeness (QED) is 0.816. The van der Waals surface area contributed by atoms with Crippen LogP contribution in [0.5, 0.6) is 0 Å². The van der Waals surface area contributed by atoms with E-state index < -0.39 is 27.6 Å². The van der Waals surface area contributed by atoms with E-state index in [0.717, 1.165) is 0 Å². The van der Waals surface area contributed by atoms with Crippen molar-refractivity contribution in [1.29, 1.82) is 0 Å². The molecule has 0 bridgehead atoms. The van der Waals surface area contributed by atoms with Crippen LogP contribution in [0.1, 0.15) is 0 Å². The van der Waals surface area contributed by atoms with Gasteiger partial charge in [0.2, 0.25) is 0 Å². The Morgan fingerprint density at radius 2 is 1.81 bits per heavy atom. The molecule has 0 aromatic heterocycles. The molecule has 90 valence electrons. The predicted octanol–water partition coefficient (Wildman–Crippen LogP) is 0.294. The molecule has 3 N–H and O–H groups in total. The largest absolute Gasteiger partial charge is 0.480 e. The van der Waals surface area contributed by atoms with E-state index in [4.69, 9.17) is 10.8 Å². The maximum absolute atomic E-state index is 11.6. The first-order valence-electron chi connectivity index (χ1n) is 4.19. The average Bonchev–Trinajstić information content (AvgIpc) is 2.18. The molecule has 0 aliphatic rings. The minimum atomic E-state index is -3.61. The molecule has 1 unspecified atom stereocenters. The number of aliphatic carboxylic acids is 1. The van der Waals surface area contributed by atoms with Crippen LogP contribution in [0.25, 0.3) is 0 Å². The molecule has 5 nitrogen and oxygen atoms in total. The van der Waals surface area contributed by atoms with Crippen molar-refractivity contribution in [2.75, 3.05) is 5.75 Å². The van der Waals surface area contributed by atoms with Crippen molar-refractivity contribution in [1.82, 2.24) is 0 Å². The lowest BCUT2D eigenvalue weighted by Crippen LogP contribution is -2.37. The summed E-state index contributed by atoms with van der Waals surface area (Å²) in [6.45, 7) is 0. The fourth-order valence-corrected chi connectivity index (χ4v) is 2.41. The van der Waals surface area contributed by atoms with E-state index in [1.165, 1.54) is 12.1 Å². The predicted molar refractivity (Wildman–Crippen MR) is 61.4 cm³/mol. The van der Waals surface area contributed by atoms with E-state index in [9.17, 15) is 13.2 Å². The van der Waals surface area contributed by atoms with Crippen LogP contribution in [0.4, 0.5) is 0 Å². The van der Waals surface area contributed by atoms with E-state index in [0.29, 0.717) is 0 Å². The van der Waals surface area contributed by atoms with E-state index in [2.05, 4.69) is 0 Å². The Balaban J connectivity index is 0.00000225. The molecule has 0 aliphatic carbocycles. The molecule has 1 rings (SSSR count). The molecule has 16 heavy (non-hydrogen) atoms. The molecule has 0 aliphatic heterocycles. The Labute approximate surface area is 99.6 Å². The molecule has 1 aromatic carbocycles. The van der Waals surface area contributed by atoms with Gasteiger partial charge in [0, 0.05) is 0 Å². The lowest BCUT2D eigenvalue weighted by atomic mass is 10.4. The van der Waals surface area contributed by atoms with E-state index >= 15 is 0 Å². The monoisotopic (exact) mass is 265 g/mol. The van der Waals surface area contributed by atoms with E-state index in [1.54, 1.807) is 18.2 Å². The van der Waals surface area contributed by atoms with Crippen LogP contribution < -0.4 is 5.73 Å². The number of carbonyl (C=O) groups is 1. The molecule has 0 spiro atoms. The van der Waals surface area contributed by atoms with Gasteiger partial charge >= 0.3 is 5.97 Å². The van der Waals surface area contributed by atoms with Crippen molar-refractivity contribution >= 4 is 28.2 Å². The molecular formula is C9H12ClNO4S. The minimum absolute atomic E-state index is 0. The van der Waals surface area contributed by atoms with Gasteiger partial charge in [0.15, 0.2) is 9.84 Å². The van der Waals surface area contributed by atoms with Crippen molar-refractivity contribution in [3.8, 4) is 0 Å². The number of carboxylic acid groups (broad SMARTS) is 1. The van der Waals surface area contributed by atoms with Gasteiger partial charge in [-0.15, -0.1) is 12.4 Å². The zero-order valence-corrected chi connectivity index (χ0v) is 9.87. The van der Waals surface area contributed by atoms with Crippen molar-refractivity contribution in [3.63, 3.8) is 0 Å². The van der Waals surface area contributed by atoms with E-state index in [-0.39, 0.29) is 17.3 Å². The lowest BCUT2D eigenvalue weighted by molar-refractivity contribution is -0.137. The third kappa shape index (κ3) is 3.80. The van der Waals surface area contributed by atoms with Crippen molar-refractivity contribution < 1.29 is 18.3 Å². The van der Waals surface area contributed by atoms with E-state index in [1.807, 2.05) is 0 Å². The summed E-state index contributed by atoms with van der Waals surface area (Å²) in [7, 11) is -3.61. The van der Waals surface area contributed by atoms with Gasteiger partial charge in [0.1, 0.15) is 6.04 Å². The van der Waals surface area contributed by atoms with Gasteiger partial charge in [-0.05, 0) is 12.1 Å². The minimum Gasteiger partial charge on any atom is -0.480 e. The number of nitrogens with two attached hydrogens (primary N) is 1. The van der Waals surface area contributed by atoms with Crippen LogP contribution in [0.3, 0.4) is 0 Å². The molecular weight excluding hydrogens is 254 g/mol. The summed E-state index contributed by atoms with van der Waals surface area (Å²) < 4.78 is 23.2. The summed E-state index contributed by atoms with van der Waals surface area (Å²) in [5.41, 5.74) is 5.16. The van der Waals surface area contributed by atoms with Crippen LogP contribution in [0.2, 0.25) is 0 Å². The second-order valence-electron chi connectivity index (χ2n) is 3.04. The zero-order chi connectivity index (χ0) is 11.5. The summed E-state index contributed by atoms with van der Waals surface area (Å²) in [5, 5.41) is 8.50. The number of carboxylic acids is 1. The molecule has 0 saturated heterocycles. The Hall–Kier alpha value is -1.11. The molecule has 0 fully saturated rings. The molecule has 1 atom stereocenters. The van der Waals surface area contributed by atoms with Crippen LogP contribution >= 0.6 is 12.4 Å². The number of sulfone groups is 1. The zero-order valence-electron chi connectivity index (χ0n) is 8.24. The van der Waals surface area contributed by atoms with Gasteiger partial charge in [-0.3, -0.25) is 4.79 Å². The third-order valence-corrected chi connectivity index (χ3v) is 3.61. The molecule has 0 saturated carbocycles. The van der Waals surface area contributed by atoms with Crippen molar-refractivity contribution in [2.24, 2.45) is 5.73 Å². The number of halogens is 1. The molecule has 0 radical (unpaired) electrons. The Kier molecular flexibility index (Phi) is 5.43. The smallest absolute Gasteiger partial charge is 0.321 e. The average molecular weight is 266 g/mol. The first kappa shape index (κ1) is 14.9. The van der Waals surface area contributed by atoms with Gasteiger partial charge in [-0.2, -0.15) is 0 Å². The Bertz CT molecular complexity index is 446. The van der Waals surface area contributed by atoms with Gasteiger partial charge in [-0.25, -0.2) is 8.42 Å². The second kappa shape index (κ2) is 5.83. The van der Waals surface area contributed by atoms with Gasteiger partial charge in [0.25, 0.3) is 0 Å². The van der Waals surface area contributed by atoms with Gasteiger partial charge in [0.05, 0.1) is 10.6 Å². The summed E-state index contributed by atoms with van der Waals surface area (Å²) in [5.74, 6) is -1.92. The number of hydrogen-bond acceptors (Lipinski definition) is 4. The number of rotatable bonds is 4. The fraction of sp³-hybridized carbons (Fsp3) is 0.222. The Morgan fingerprint density at radius 1 is 1.31 bits per heavy atom.